The standard InChI is InChI=1S/C12H15NO4/c1-2-8-3-9-5-12(6-11(14)15,7-13(16)17)10(9)4-8/h2,4,9-10H,1,3,5-7H2,(H,14,15)/t9-,10-,12-/m1/s1. The molecule has 0 saturated heterocycles. The van der Waals surface area contributed by atoms with Crippen LogP contribution in [0, 0.1) is 27.4 Å². The summed E-state index contributed by atoms with van der Waals surface area (Å²) >= 11 is 0. The van der Waals surface area contributed by atoms with E-state index < -0.39 is 11.4 Å². The van der Waals surface area contributed by atoms with E-state index in [2.05, 4.69) is 6.58 Å². The molecule has 0 heterocycles. The smallest absolute Gasteiger partial charge is 0.304 e. The summed E-state index contributed by atoms with van der Waals surface area (Å²) in [6.45, 7) is 3.44. The van der Waals surface area contributed by atoms with E-state index in [4.69, 9.17) is 5.11 Å². The zero-order valence-electron chi connectivity index (χ0n) is 9.46. The molecule has 92 valence electrons. The molecular weight excluding hydrogens is 222 g/mol. The Balaban J connectivity index is 2.19. The first kappa shape index (κ1) is 11.8. The fourth-order valence-electron chi connectivity index (χ4n) is 3.36. The van der Waals surface area contributed by atoms with E-state index in [1.807, 2.05) is 6.08 Å². The highest BCUT2D eigenvalue weighted by Crippen LogP contribution is 2.59. The van der Waals surface area contributed by atoms with Crippen molar-refractivity contribution >= 4 is 5.97 Å². The van der Waals surface area contributed by atoms with Crippen LogP contribution in [-0.2, 0) is 4.79 Å². The van der Waals surface area contributed by atoms with Gasteiger partial charge in [-0.1, -0.05) is 24.3 Å². The van der Waals surface area contributed by atoms with Gasteiger partial charge in [-0.25, -0.2) is 0 Å². The summed E-state index contributed by atoms with van der Waals surface area (Å²) in [6.07, 6.45) is 5.14. The number of carboxylic acid groups (broad SMARTS) is 1. The monoisotopic (exact) mass is 237 g/mol. The highest BCUT2D eigenvalue weighted by Gasteiger charge is 2.58. The van der Waals surface area contributed by atoms with Gasteiger partial charge in [0.2, 0.25) is 6.54 Å². The third kappa shape index (κ3) is 1.97. The minimum Gasteiger partial charge on any atom is -0.481 e. The maximum absolute atomic E-state index is 10.9. The van der Waals surface area contributed by atoms with Gasteiger partial charge in [-0.15, -0.1) is 0 Å². The number of carboxylic acids is 1. The van der Waals surface area contributed by atoms with E-state index in [1.165, 1.54) is 0 Å². The molecule has 0 aromatic carbocycles. The zero-order valence-corrected chi connectivity index (χ0v) is 9.46. The second-order valence-electron chi connectivity index (χ2n) is 5.06. The molecule has 1 saturated carbocycles. The lowest BCUT2D eigenvalue weighted by Crippen LogP contribution is -2.50. The number of rotatable bonds is 5. The van der Waals surface area contributed by atoms with Crippen LogP contribution in [0.5, 0.6) is 0 Å². The number of carbonyl (C=O) groups is 1. The molecule has 0 spiro atoms. The van der Waals surface area contributed by atoms with Gasteiger partial charge in [-0.3, -0.25) is 14.9 Å². The van der Waals surface area contributed by atoms with Gasteiger partial charge in [0.25, 0.3) is 0 Å². The summed E-state index contributed by atoms with van der Waals surface area (Å²) in [5.74, 6) is -0.537. The topological polar surface area (TPSA) is 80.4 Å². The quantitative estimate of drug-likeness (QED) is 0.584. The lowest BCUT2D eigenvalue weighted by molar-refractivity contribution is -0.505. The van der Waals surface area contributed by atoms with Gasteiger partial charge in [0, 0.05) is 4.92 Å². The van der Waals surface area contributed by atoms with Crippen molar-refractivity contribution in [3.8, 4) is 0 Å². The number of allylic oxidation sites excluding steroid dienone is 3. The van der Waals surface area contributed by atoms with Gasteiger partial charge < -0.3 is 5.11 Å². The van der Waals surface area contributed by atoms with Crippen LogP contribution in [0.2, 0.25) is 0 Å². The van der Waals surface area contributed by atoms with Gasteiger partial charge in [-0.05, 0) is 24.7 Å². The average Bonchev–Trinajstić information content (AvgIpc) is 2.54. The Hall–Kier alpha value is -1.65. The van der Waals surface area contributed by atoms with E-state index in [-0.39, 0.29) is 23.8 Å². The summed E-state index contributed by atoms with van der Waals surface area (Å²) in [7, 11) is 0. The number of fused-ring (bicyclic) bond motifs is 1. The Morgan fingerprint density at radius 2 is 2.47 bits per heavy atom. The number of hydrogen-bond donors (Lipinski definition) is 1. The fraction of sp³-hybridized carbons (Fsp3) is 0.583. The number of nitrogens with zero attached hydrogens (tertiary/aromatic N) is 1. The molecule has 17 heavy (non-hydrogen) atoms. The first-order valence-electron chi connectivity index (χ1n) is 5.63. The minimum absolute atomic E-state index is 0.0389. The Morgan fingerprint density at radius 3 is 3.00 bits per heavy atom. The van der Waals surface area contributed by atoms with Crippen LogP contribution >= 0.6 is 0 Å². The van der Waals surface area contributed by atoms with Crippen molar-refractivity contribution in [3.05, 3.63) is 34.4 Å². The van der Waals surface area contributed by atoms with Crippen LogP contribution in [0.3, 0.4) is 0 Å². The third-order valence-corrected chi connectivity index (χ3v) is 3.98. The minimum atomic E-state index is -0.953. The molecule has 3 atom stereocenters. The van der Waals surface area contributed by atoms with Crippen LogP contribution in [0.4, 0.5) is 0 Å². The molecular formula is C12H15NO4. The largest absolute Gasteiger partial charge is 0.481 e. The number of nitro groups is 1. The van der Waals surface area contributed by atoms with E-state index in [1.54, 1.807) is 6.08 Å². The molecule has 0 aromatic heterocycles. The summed E-state index contributed by atoms with van der Waals surface area (Å²) in [5.41, 5.74) is 0.417. The zero-order chi connectivity index (χ0) is 12.6. The maximum atomic E-state index is 10.9. The van der Waals surface area contributed by atoms with Crippen molar-refractivity contribution in [2.45, 2.75) is 19.3 Å². The average molecular weight is 237 g/mol. The molecule has 0 unspecified atom stereocenters. The summed E-state index contributed by atoms with van der Waals surface area (Å²) < 4.78 is 0. The molecule has 0 radical (unpaired) electrons. The first-order valence-corrected chi connectivity index (χ1v) is 5.63. The number of hydrogen-bond acceptors (Lipinski definition) is 3. The molecule has 1 fully saturated rings. The van der Waals surface area contributed by atoms with E-state index in [0.29, 0.717) is 12.3 Å². The van der Waals surface area contributed by atoms with E-state index >= 15 is 0 Å². The van der Waals surface area contributed by atoms with Crippen molar-refractivity contribution < 1.29 is 14.8 Å². The summed E-state index contributed by atoms with van der Waals surface area (Å²) in [4.78, 5) is 21.2. The molecule has 0 bridgehead atoms. The maximum Gasteiger partial charge on any atom is 0.304 e. The van der Waals surface area contributed by atoms with E-state index in [0.717, 1.165) is 12.0 Å². The second-order valence-corrected chi connectivity index (χ2v) is 5.06. The predicted molar refractivity (Wildman–Crippen MR) is 61.0 cm³/mol. The van der Waals surface area contributed by atoms with Crippen LogP contribution in [0.1, 0.15) is 19.3 Å². The highest BCUT2D eigenvalue weighted by atomic mass is 16.6. The first-order chi connectivity index (χ1) is 7.97. The second kappa shape index (κ2) is 3.98. The van der Waals surface area contributed by atoms with E-state index in [9.17, 15) is 14.9 Å². The molecule has 5 nitrogen and oxygen atoms in total. The summed E-state index contributed by atoms with van der Waals surface area (Å²) in [6, 6.07) is 0. The van der Waals surface area contributed by atoms with Gasteiger partial charge in [-0.2, -0.15) is 0 Å². The lowest BCUT2D eigenvalue weighted by Gasteiger charge is -2.48. The third-order valence-electron chi connectivity index (χ3n) is 3.98. The molecule has 2 aliphatic carbocycles. The molecule has 0 amide bonds. The molecule has 0 aliphatic heterocycles. The molecule has 1 N–H and O–H groups in total. The summed E-state index contributed by atoms with van der Waals surface area (Å²) in [5, 5.41) is 19.6. The highest BCUT2D eigenvalue weighted by molar-refractivity contribution is 5.68. The molecule has 5 heteroatoms. The van der Waals surface area contributed by atoms with Gasteiger partial charge in [0.1, 0.15) is 0 Å². The van der Waals surface area contributed by atoms with Crippen molar-refractivity contribution in [2.75, 3.05) is 6.54 Å². The number of aliphatic carboxylic acids is 1. The Labute approximate surface area is 99.0 Å². The van der Waals surface area contributed by atoms with Crippen molar-refractivity contribution in [2.24, 2.45) is 17.3 Å². The fourth-order valence-corrected chi connectivity index (χ4v) is 3.36. The lowest BCUT2D eigenvalue weighted by atomic mass is 9.53. The van der Waals surface area contributed by atoms with Crippen LogP contribution in [-0.4, -0.2) is 22.5 Å². The van der Waals surface area contributed by atoms with Crippen LogP contribution in [0.15, 0.2) is 24.3 Å². The van der Waals surface area contributed by atoms with Crippen LogP contribution < -0.4 is 0 Å². The van der Waals surface area contributed by atoms with Crippen molar-refractivity contribution in [3.63, 3.8) is 0 Å². The Morgan fingerprint density at radius 1 is 1.76 bits per heavy atom. The SMILES string of the molecule is C=CC1=C[C@@H]2[C@H](C1)C[C@@]2(CC(=O)O)C[N+](=O)[O-]. The predicted octanol–water partition coefficient (Wildman–Crippen LogP) is 1.88. The van der Waals surface area contributed by atoms with Crippen LogP contribution in [0.25, 0.3) is 0 Å². The van der Waals surface area contributed by atoms with Gasteiger partial charge in [0.05, 0.1) is 11.8 Å². The molecule has 2 rings (SSSR count). The Kier molecular flexibility index (Phi) is 2.77. The normalized spacial score (nSPS) is 34.5. The Bertz CT molecular complexity index is 397. The van der Waals surface area contributed by atoms with Crippen molar-refractivity contribution in [1.82, 2.24) is 0 Å². The van der Waals surface area contributed by atoms with Gasteiger partial charge >= 0.3 is 5.97 Å². The molecule has 2 aliphatic rings. The molecule has 0 aromatic rings. The van der Waals surface area contributed by atoms with Gasteiger partial charge in [0.15, 0.2) is 0 Å². The van der Waals surface area contributed by atoms with Crippen molar-refractivity contribution in [1.29, 1.82) is 0 Å².